The maximum absolute atomic E-state index is 13.0. The quantitative estimate of drug-likeness (QED) is 0.887. The largest absolute Gasteiger partial charge is 0.321 e. The Hall–Kier alpha value is -2.30. The number of hydrogen-bond acceptors (Lipinski definition) is 2. The van der Waals surface area contributed by atoms with Gasteiger partial charge in [0.05, 0.1) is 11.9 Å². The van der Waals surface area contributed by atoms with Gasteiger partial charge in [0.25, 0.3) is 5.91 Å². The Morgan fingerprint density at radius 1 is 1.17 bits per heavy atom. The van der Waals surface area contributed by atoms with E-state index in [2.05, 4.69) is 10.3 Å². The number of aromatic nitrogens is 1. The van der Waals surface area contributed by atoms with E-state index in [1.165, 1.54) is 12.3 Å². The molecule has 2 rings (SSSR count). The number of carbonyl (C=O) groups excluding carboxylic acids is 1. The van der Waals surface area contributed by atoms with Crippen molar-refractivity contribution in [2.45, 2.75) is 6.92 Å². The van der Waals surface area contributed by atoms with Crippen LogP contribution in [0.3, 0.4) is 0 Å². The number of nitrogens with zero attached hydrogens (tertiary/aromatic N) is 1. The van der Waals surface area contributed by atoms with E-state index < -0.39 is 17.5 Å². The van der Waals surface area contributed by atoms with Crippen LogP contribution in [0.1, 0.15) is 15.9 Å². The average molecular weight is 248 g/mol. The van der Waals surface area contributed by atoms with E-state index in [9.17, 15) is 13.6 Å². The fraction of sp³-hybridized carbons (Fsp3) is 0.0769. The van der Waals surface area contributed by atoms with E-state index in [0.717, 1.165) is 17.7 Å². The Kier molecular flexibility index (Phi) is 3.32. The molecule has 0 aliphatic rings. The Balaban J connectivity index is 2.19. The molecule has 1 aromatic carbocycles. The van der Waals surface area contributed by atoms with Crippen molar-refractivity contribution >= 4 is 11.6 Å². The van der Waals surface area contributed by atoms with Crippen LogP contribution in [-0.4, -0.2) is 10.9 Å². The molecule has 0 aliphatic heterocycles. The third-order valence-electron chi connectivity index (χ3n) is 2.31. The van der Waals surface area contributed by atoms with Gasteiger partial charge >= 0.3 is 0 Å². The topological polar surface area (TPSA) is 42.0 Å². The number of benzene rings is 1. The summed E-state index contributed by atoms with van der Waals surface area (Å²) in [6.45, 7) is 1.83. The maximum Gasteiger partial charge on any atom is 0.255 e. The zero-order chi connectivity index (χ0) is 13.1. The predicted molar refractivity (Wildman–Crippen MR) is 63.3 cm³/mol. The molecular formula is C13H10F2N2O. The average Bonchev–Trinajstić information content (AvgIpc) is 2.32. The van der Waals surface area contributed by atoms with Gasteiger partial charge in [0.1, 0.15) is 0 Å². The van der Waals surface area contributed by atoms with Gasteiger partial charge in [-0.15, -0.1) is 0 Å². The van der Waals surface area contributed by atoms with E-state index >= 15 is 0 Å². The summed E-state index contributed by atoms with van der Waals surface area (Å²) in [7, 11) is 0. The van der Waals surface area contributed by atoms with Crippen LogP contribution in [-0.2, 0) is 0 Å². The van der Waals surface area contributed by atoms with Crippen molar-refractivity contribution in [1.29, 1.82) is 0 Å². The van der Waals surface area contributed by atoms with Crippen LogP contribution < -0.4 is 5.32 Å². The van der Waals surface area contributed by atoms with Crippen molar-refractivity contribution in [2.75, 3.05) is 5.32 Å². The molecule has 0 spiro atoms. The summed E-state index contributed by atoms with van der Waals surface area (Å²) in [6, 6.07) is 4.72. The second-order valence-corrected chi connectivity index (χ2v) is 3.83. The maximum atomic E-state index is 13.0. The summed E-state index contributed by atoms with van der Waals surface area (Å²) in [4.78, 5) is 15.7. The van der Waals surface area contributed by atoms with Gasteiger partial charge in [-0.3, -0.25) is 9.78 Å². The number of anilines is 1. The Morgan fingerprint density at radius 3 is 2.61 bits per heavy atom. The minimum absolute atomic E-state index is 0.0513. The molecule has 0 saturated carbocycles. The second-order valence-electron chi connectivity index (χ2n) is 3.83. The Labute approximate surface area is 102 Å². The van der Waals surface area contributed by atoms with Crippen LogP contribution in [0.25, 0.3) is 0 Å². The minimum atomic E-state index is -1.05. The second kappa shape index (κ2) is 4.91. The van der Waals surface area contributed by atoms with Gasteiger partial charge in [-0.2, -0.15) is 0 Å². The van der Waals surface area contributed by atoms with E-state index in [1.54, 1.807) is 12.3 Å². The van der Waals surface area contributed by atoms with Crippen molar-refractivity contribution < 1.29 is 13.6 Å². The zero-order valence-electron chi connectivity index (χ0n) is 9.58. The summed E-state index contributed by atoms with van der Waals surface area (Å²) in [5.41, 5.74) is 1.44. The van der Waals surface area contributed by atoms with Gasteiger partial charge in [0, 0.05) is 11.8 Å². The van der Waals surface area contributed by atoms with Crippen LogP contribution in [0.4, 0.5) is 14.5 Å². The van der Waals surface area contributed by atoms with E-state index in [4.69, 9.17) is 0 Å². The molecule has 0 fully saturated rings. The lowest BCUT2D eigenvalue weighted by molar-refractivity contribution is 0.102. The van der Waals surface area contributed by atoms with Gasteiger partial charge in [-0.25, -0.2) is 8.78 Å². The first kappa shape index (κ1) is 12.2. The lowest BCUT2D eigenvalue weighted by atomic mass is 10.2. The summed E-state index contributed by atoms with van der Waals surface area (Å²) in [5.74, 6) is -2.55. The molecule has 1 heterocycles. The van der Waals surface area contributed by atoms with Crippen LogP contribution in [0.5, 0.6) is 0 Å². The highest BCUT2D eigenvalue weighted by Crippen LogP contribution is 2.12. The van der Waals surface area contributed by atoms with Crippen LogP contribution in [0.2, 0.25) is 0 Å². The summed E-state index contributed by atoms with van der Waals surface area (Å²) >= 11 is 0. The third-order valence-corrected chi connectivity index (χ3v) is 2.31. The summed E-state index contributed by atoms with van der Waals surface area (Å²) < 4.78 is 25.7. The number of rotatable bonds is 2. The number of pyridine rings is 1. The molecule has 18 heavy (non-hydrogen) atoms. The molecule has 0 radical (unpaired) electrons. The molecule has 1 amide bonds. The summed E-state index contributed by atoms with van der Waals surface area (Å²) in [5, 5.41) is 2.56. The molecule has 0 unspecified atom stereocenters. The van der Waals surface area contributed by atoms with Crippen molar-refractivity contribution in [1.82, 2.24) is 4.98 Å². The van der Waals surface area contributed by atoms with Gasteiger partial charge < -0.3 is 5.32 Å². The smallest absolute Gasteiger partial charge is 0.255 e. The van der Waals surface area contributed by atoms with Crippen molar-refractivity contribution in [3.63, 3.8) is 0 Å². The number of aryl methyl sites for hydroxylation is 1. The fourth-order valence-electron chi connectivity index (χ4n) is 1.46. The SMILES string of the molecule is Cc1cncc(NC(=O)c2ccc(F)c(F)c2)c1. The van der Waals surface area contributed by atoms with Crippen LogP contribution in [0.15, 0.2) is 36.7 Å². The molecule has 1 aromatic heterocycles. The lowest BCUT2D eigenvalue weighted by Crippen LogP contribution is -2.12. The number of nitrogens with one attached hydrogen (secondary N) is 1. The minimum Gasteiger partial charge on any atom is -0.321 e. The molecule has 0 atom stereocenters. The van der Waals surface area contributed by atoms with Crippen LogP contribution >= 0.6 is 0 Å². The predicted octanol–water partition coefficient (Wildman–Crippen LogP) is 2.92. The van der Waals surface area contributed by atoms with Gasteiger partial charge in [-0.1, -0.05) is 0 Å². The molecule has 0 aliphatic carbocycles. The number of halogens is 2. The molecule has 2 aromatic rings. The molecule has 0 saturated heterocycles. The fourth-order valence-corrected chi connectivity index (χ4v) is 1.46. The first-order valence-electron chi connectivity index (χ1n) is 5.24. The van der Waals surface area contributed by atoms with Gasteiger partial charge in [0.2, 0.25) is 0 Å². The first-order chi connectivity index (χ1) is 8.56. The van der Waals surface area contributed by atoms with Crippen molar-refractivity contribution in [3.05, 3.63) is 59.4 Å². The van der Waals surface area contributed by atoms with Crippen molar-refractivity contribution in [3.8, 4) is 0 Å². The summed E-state index contributed by atoms with van der Waals surface area (Å²) in [6.07, 6.45) is 3.12. The number of amides is 1. The standard InChI is InChI=1S/C13H10F2N2O/c1-8-4-10(7-16-6-8)17-13(18)9-2-3-11(14)12(15)5-9/h2-7H,1H3,(H,17,18). The molecule has 3 nitrogen and oxygen atoms in total. The zero-order valence-corrected chi connectivity index (χ0v) is 9.58. The molecule has 5 heteroatoms. The third kappa shape index (κ3) is 2.68. The molecule has 0 bridgehead atoms. The highest BCUT2D eigenvalue weighted by Gasteiger charge is 2.10. The van der Waals surface area contributed by atoms with Gasteiger partial charge in [-0.05, 0) is 36.8 Å². The number of hydrogen-bond donors (Lipinski definition) is 1. The highest BCUT2D eigenvalue weighted by molar-refractivity contribution is 6.04. The van der Waals surface area contributed by atoms with E-state index in [0.29, 0.717) is 5.69 Å². The first-order valence-corrected chi connectivity index (χ1v) is 5.24. The Morgan fingerprint density at radius 2 is 1.94 bits per heavy atom. The highest BCUT2D eigenvalue weighted by atomic mass is 19.2. The van der Waals surface area contributed by atoms with Crippen molar-refractivity contribution in [2.24, 2.45) is 0 Å². The Bertz CT molecular complexity index is 599. The molecule has 1 N–H and O–H groups in total. The molecule has 92 valence electrons. The van der Waals surface area contributed by atoms with E-state index in [1.807, 2.05) is 6.92 Å². The molecular weight excluding hydrogens is 238 g/mol. The number of carbonyl (C=O) groups is 1. The lowest BCUT2D eigenvalue weighted by Gasteiger charge is -2.05. The normalized spacial score (nSPS) is 10.2. The van der Waals surface area contributed by atoms with Crippen LogP contribution in [0, 0.1) is 18.6 Å². The monoisotopic (exact) mass is 248 g/mol. The van der Waals surface area contributed by atoms with Gasteiger partial charge in [0.15, 0.2) is 11.6 Å². The van der Waals surface area contributed by atoms with E-state index in [-0.39, 0.29) is 5.56 Å².